The predicted molar refractivity (Wildman–Crippen MR) is 65.7 cm³/mol. The molecule has 4 heteroatoms. The quantitative estimate of drug-likeness (QED) is 0.884. The number of nitrogens with one attached hydrogen (secondary N) is 1. The van der Waals surface area contributed by atoms with Gasteiger partial charge in [-0.25, -0.2) is 0 Å². The topological polar surface area (TPSA) is 55.1 Å². The summed E-state index contributed by atoms with van der Waals surface area (Å²) in [6.07, 6.45) is 1.61. The number of benzene rings is 1. The minimum Gasteiger partial charge on any atom is -0.324 e. The molecular weight excluding hydrogens is 256 g/mol. The molecule has 3 nitrogen and oxygen atoms in total. The molecule has 1 unspecified atom stereocenters. The number of nitrogens with two attached hydrogens (primary N) is 1. The SMILES string of the molecule is CCCC(N)C(=O)Nc1ccccc1Br. The molecule has 1 aromatic rings. The first kappa shape index (κ1) is 12.2. The molecule has 0 radical (unpaired) electrons. The first-order chi connectivity index (χ1) is 7.15. The van der Waals surface area contributed by atoms with Gasteiger partial charge in [0.25, 0.3) is 0 Å². The third kappa shape index (κ3) is 3.64. The van der Waals surface area contributed by atoms with Gasteiger partial charge in [-0.15, -0.1) is 0 Å². The molecule has 1 atom stereocenters. The van der Waals surface area contributed by atoms with Crippen LogP contribution < -0.4 is 11.1 Å². The molecule has 1 amide bonds. The highest BCUT2D eigenvalue weighted by Gasteiger charge is 2.12. The maximum Gasteiger partial charge on any atom is 0.241 e. The minimum atomic E-state index is -0.429. The Morgan fingerprint density at radius 3 is 2.80 bits per heavy atom. The van der Waals surface area contributed by atoms with Crippen LogP contribution in [-0.2, 0) is 4.79 Å². The van der Waals surface area contributed by atoms with Gasteiger partial charge in [0.1, 0.15) is 0 Å². The summed E-state index contributed by atoms with van der Waals surface area (Å²) >= 11 is 3.36. The predicted octanol–water partition coefficient (Wildman–Crippen LogP) is 2.52. The summed E-state index contributed by atoms with van der Waals surface area (Å²) < 4.78 is 0.863. The van der Waals surface area contributed by atoms with Gasteiger partial charge in [-0.3, -0.25) is 4.79 Å². The lowest BCUT2D eigenvalue weighted by Gasteiger charge is -2.12. The van der Waals surface area contributed by atoms with Crippen molar-refractivity contribution in [1.29, 1.82) is 0 Å². The summed E-state index contributed by atoms with van der Waals surface area (Å²) in [5, 5.41) is 2.78. The van der Waals surface area contributed by atoms with Crippen molar-refractivity contribution in [3.05, 3.63) is 28.7 Å². The highest BCUT2D eigenvalue weighted by Crippen LogP contribution is 2.21. The van der Waals surface area contributed by atoms with Crippen LogP contribution in [-0.4, -0.2) is 11.9 Å². The van der Waals surface area contributed by atoms with E-state index in [0.717, 1.165) is 16.6 Å². The van der Waals surface area contributed by atoms with Gasteiger partial charge in [-0.2, -0.15) is 0 Å². The minimum absolute atomic E-state index is 0.135. The molecule has 0 spiro atoms. The zero-order chi connectivity index (χ0) is 11.3. The molecule has 0 aromatic heterocycles. The molecule has 0 aliphatic heterocycles. The first-order valence-corrected chi connectivity index (χ1v) is 5.75. The summed E-state index contributed by atoms with van der Waals surface area (Å²) in [5.74, 6) is -0.135. The Morgan fingerprint density at radius 2 is 2.20 bits per heavy atom. The van der Waals surface area contributed by atoms with Crippen LogP contribution in [0.15, 0.2) is 28.7 Å². The Bertz CT molecular complexity index is 341. The molecule has 3 N–H and O–H groups in total. The van der Waals surface area contributed by atoms with Crippen LogP contribution in [0.2, 0.25) is 0 Å². The Kier molecular flexibility index (Phi) is 4.78. The van der Waals surface area contributed by atoms with Gasteiger partial charge in [-0.1, -0.05) is 25.5 Å². The molecule has 0 heterocycles. The molecule has 0 aliphatic carbocycles. The smallest absolute Gasteiger partial charge is 0.241 e. The van der Waals surface area contributed by atoms with Crippen molar-refractivity contribution in [3.8, 4) is 0 Å². The molecule has 0 saturated heterocycles. The number of carbonyl (C=O) groups is 1. The second-order valence-electron chi connectivity index (χ2n) is 3.36. The second kappa shape index (κ2) is 5.88. The van der Waals surface area contributed by atoms with E-state index >= 15 is 0 Å². The number of anilines is 1. The van der Waals surface area contributed by atoms with E-state index in [1.165, 1.54) is 0 Å². The van der Waals surface area contributed by atoms with E-state index in [-0.39, 0.29) is 5.91 Å². The number of para-hydroxylation sites is 1. The van der Waals surface area contributed by atoms with Crippen molar-refractivity contribution in [2.45, 2.75) is 25.8 Å². The second-order valence-corrected chi connectivity index (χ2v) is 4.22. The zero-order valence-electron chi connectivity index (χ0n) is 8.66. The van der Waals surface area contributed by atoms with E-state index in [1.807, 2.05) is 31.2 Å². The number of hydrogen-bond acceptors (Lipinski definition) is 2. The Labute approximate surface area is 98.2 Å². The standard InChI is InChI=1S/C11H15BrN2O/c1-2-5-9(13)11(15)14-10-7-4-3-6-8(10)12/h3-4,6-7,9H,2,5,13H2,1H3,(H,14,15). The van der Waals surface area contributed by atoms with E-state index in [2.05, 4.69) is 21.2 Å². The Balaban J connectivity index is 2.62. The summed E-state index contributed by atoms with van der Waals surface area (Å²) in [6.45, 7) is 2.01. The van der Waals surface area contributed by atoms with Crippen molar-refractivity contribution < 1.29 is 4.79 Å². The number of hydrogen-bond donors (Lipinski definition) is 2. The molecule has 0 bridgehead atoms. The van der Waals surface area contributed by atoms with Crippen LogP contribution in [0.25, 0.3) is 0 Å². The van der Waals surface area contributed by atoms with Gasteiger partial charge in [0.05, 0.1) is 11.7 Å². The number of carbonyl (C=O) groups excluding carboxylic acids is 1. The van der Waals surface area contributed by atoms with Crippen molar-refractivity contribution in [3.63, 3.8) is 0 Å². The van der Waals surface area contributed by atoms with Gasteiger partial charge in [0, 0.05) is 4.47 Å². The highest BCUT2D eigenvalue weighted by atomic mass is 79.9. The molecule has 1 aromatic carbocycles. The van der Waals surface area contributed by atoms with Gasteiger partial charge >= 0.3 is 0 Å². The highest BCUT2D eigenvalue weighted by molar-refractivity contribution is 9.10. The lowest BCUT2D eigenvalue weighted by molar-refractivity contribution is -0.117. The van der Waals surface area contributed by atoms with Crippen molar-refractivity contribution >= 4 is 27.5 Å². The Morgan fingerprint density at radius 1 is 1.53 bits per heavy atom. The fourth-order valence-electron chi connectivity index (χ4n) is 1.23. The van der Waals surface area contributed by atoms with E-state index < -0.39 is 6.04 Å². The summed E-state index contributed by atoms with van der Waals surface area (Å²) in [5.41, 5.74) is 6.46. The average molecular weight is 271 g/mol. The maximum atomic E-state index is 11.6. The monoisotopic (exact) mass is 270 g/mol. The molecule has 0 saturated carbocycles. The zero-order valence-corrected chi connectivity index (χ0v) is 10.3. The van der Waals surface area contributed by atoms with Crippen molar-refractivity contribution in [1.82, 2.24) is 0 Å². The lowest BCUT2D eigenvalue weighted by Crippen LogP contribution is -2.35. The largest absolute Gasteiger partial charge is 0.324 e. The van der Waals surface area contributed by atoms with Gasteiger partial charge in [0.2, 0.25) is 5.91 Å². The van der Waals surface area contributed by atoms with E-state index in [0.29, 0.717) is 6.42 Å². The molecule has 82 valence electrons. The third-order valence-corrected chi connectivity index (χ3v) is 2.76. The molecule has 15 heavy (non-hydrogen) atoms. The van der Waals surface area contributed by atoms with Crippen LogP contribution >= 0.6 is 15.9 Å². The lowest BCUT2D eigenvalue weighted by atomic mass is 10.1. The molecular formula is C11H15BrN2O. The number of halogens is 1. The normalized spacial score (nSPS) is 12.2. The fourth-order valence-corrected chi connectivity index (χ4v) is 1.61. The fraction of sp³-hybridized carbons (Fsp3) is 0.364. The maximum absolute atomic E-state index is 11.6. The molecule has 1 rings (SSSR count). The summed E-state index contributed by atoms with van der Waals surface area (Å²) in [6, 6.07) is 7.04. The van der Waals surface area contributed by atoms with Crippen LogP contribution in [0.1, 0.15) is 19.8 Å². The molecule has 0 fully saturated rings. The molecule has 0 aliphatic rings. The van der Waals surface area contributed by atoms with Crippen molar-refractivity contribution in [2.24, 2.45) is 5.73 Å². The van der Waals surface area contributed by atoms with E-state index in [1.54, 1.807) is 0 Å². The van der Waals surface area contributed by atoms with E-state index in [4.69, 9.17) is 5.73 Å². The van der Waals surface area contributed by atoms with Crippen molar-refractivity contribution in [2.75, 3.05) is 5.32 Å². The van der Waals surface area contributed by atoms with Gasteiger partial charge in [0.15, 0.2) is 0 Å². The van der Waals surface area contributed by atoms with E-state index in [9.17, 15) is 4.79 Å². The van der Waals surface area contributed by atoms with Crippen LogP contribution in [0.5, 0.6) is 0 Å². The van der Waals surface area contributed by atoms with Gasteiger partial charge < -0.3 is 11.1 Å². The van der Waals surface area contributed by atoms with Crippen LogP contribution in [0.3, 0.4) is 0 Å². The average Bonchev–Trinajstić information content (AvgIpc) is 2.21. The first-order valence-electron chi connectivity index (χ1n) is 4.96. The number of amides is 1. The third-order valence-electron chi connectivity index (χ3n) is 2.07. The summed E-state index contributed by atoms with van der Waals surface area (Å²) in [7, 11) is 0. The summed E-state index contributed by atoms with van der Waals surface area (Å²) in [4.78, 5) is 11.6. The Hall–Kier alpha value is -0.870. The van der Waals surface area contributed by atoms with Crippen LogP contribution in [0, 0.1) is 0 Å². The number of rotatable bonds is 4. The van der Waals surface area contributed by atoms with Crippen LogP contribution in [0.4, 0.5) is 5.69 Å². The van der Waals surface area contributed by atoms with Gasteiger partial charge in [-0.05, 0) is 34.5 Å².